The maximum absolute atomic E-state index is 13.7. The predicted molar refractivity (Wildman–Crippen MR) is 74.7 cm³/mol. The summed E-state index contributed by atoms with van der Waals surface area (Å²) < 4.78 is 18.8. The lowest BCUT2D eigenvalue weighted by Crippen LogP contribution is -1.87. The van der Waals surface area contributed by atoms with Crippen LogP contribution in [0.15, 0.2) is 53.1 Å². The average Bonchev–Trinajstić information content (AvgIpc) is 2.97. The van der Waals surface area contributed by atoms with Crippen LogP contribution in [0.1, 0.15) is 0 Å². The zero-order valence-corrected chi connectivity index (χ0v) is 10.8. The Labute approximate surface area is 115 Å². The van der Waals surface area contributed by atoms with Crippen LogP contribution in [0.25, 0.3) is 22.8 Å². The molecule has 0 amide bonds. The van der Waals surface area contributed by atoms with Crippen molar-refractivity contribution in [2.24, 2.45) is 0 Å². The first-order valence-corrected chi connectivity index (χ1v) is 6.15. The molecule has 0 radical (unpaired) electrons. The van der Waals surface area contributed by atoms with Gasteiger partial charge in [-0.05, 0) is 36.4 Å². The largest absolute Gasteiger partial charge is 0.388 e. The van der Waals surface area contributed by atoms with E-state index in [0.29, 0.717) is 11.5 Å². The van der Waals surface area contributed by atoms with E-state index in [1.54, 1.807) is 18.2 Å². The van der Waals surface area contributed by atoms with E-state index in [9.17, 15) is 4.39 Å². The minimum atomic E-state index is -0.370. The van der Waals surface area contributed by atoms with Crippen LogP contribution in [0.4, 0.5) is 10.1 Å². The number of hydrogen-bond acceptors (Lipinski definition) is 4. The molecular formula is C15H12FN3O. The molecule has 0 aliphatic rings. The summed E-state index contributed by atoms with van der Waals surface area (Å²) in [6.07, 6.45) is 0. The molecule has 4 nitrogen and oxygen atoms in total. The summed E-state index contributed by atoms with van der Waals surface area (Å²) in [5.74, 6) is 0.243. The van der Waals surface area contributed by atoms with Gasteiger partial charge in [0.25, 0.3) is 5.89 Å². The molecule has 2 aromatic carbocycles. The molecule has 0 aliphatic heterocycles. The van der Waals surface area contributed by atoms with E-state index >= 15 is 0 Å². The van der Waals surface area contributed by atoms with Gasteiger partial charge in [-0.25, -0.2) is 4.39 Å². The molecule has 0 bridgehead atoms. The quantitative estimate of drug-likeness (QED) is 0.789. The third-order valence-corrected chi connectivity index (χ3v) is 2.96. The minimum absolute atomic E-state index is 0.246. The van der Waals surface area contributed by atoms with Crippen molar-refractivity contribution in [2.45, 2.75) is 0 Å². The Morgan fingerprint density at radius 3 is 2.50 bits per heavy atom. The number of hydrogen-bond donors (Lipinski definition) is 1. The van der Waals surface area contributed by atoms with Crippen molar-refractivity contribution in [1.82, 2.24) is 10.1 Å². The second kappa shape index (κ2) is 5.13. The van der Waals surface area contributed by atoms with Crippen molar-refractivity contribution < 1.29 is 8.91 Å². The van der Waals surface area contributed by atoms with Crippen molar-refractivity contribution in [3.63, 3.8) is 0 Å². The van der Waals surface area contributed by atoms with Crippen molar-refractivity contribution in [3.05, 3.63) is 54.3 Å². The monoisotopic (exact) mass is 269 g/mol. The standard InChI is InChI=1S/C15H12FN3O/c1-17-11-8-6-10(7-9-11)15-18-14(19-20-15)12-4-2-3-5-13(12)16/h2-9,17H,1H3. The highest BCUT2D eigenvalue weighted by Crippen LogP contribution is 2.24. The van der Waals surface area contributed by atoms with E-state index in [0.717, 1.165) is 11.3 Å². The van der Waals surface area contributed by atoms with Crippen LogP contribution in [0.2, 0.25) is 0 Å². The number of rotatable bonds is 3. The second-order valence-corrected chi connectivity index (χ2v) is 4.23. The number of anilines is 1. The van der Waals surface area contributed by atoms with Crippen LogP contribution in [-0.2, 0) is 0 Å². The number of nitrogens with zero attached hydrogens (tertiary/aromatic N) is 2. The molecule has 0 fully saturated rings. The van der Waals surface area contributed by atoms with Crippen LogP contribution >= 0.6 is 0 Å². The molecule has 0 aliphatic carbocycles. The molecule has 1 heterocycles. The van der Waals surface area contributed by atoms with Gasteiger partial charge >= 0.3 is 0 Å². The van der Waals surface area contributed by atoms with Gasteiger partial charge in [0.1, 0.15) is 5.82 Å². The van der Waals surface area contributed by atoms with Gasteiger partial charge in [-0.1, -0.05) is 17.3 Å². The summed E-state index contributed by atoms with van der Waals surface area (Å²) in [7, 11) is 1.85. The van der Waals surface area contributed by atoms with Crippen molar-refractivity contribution >= 4 is 5.69 Å². The molecule has 1 aromatic heterocycles. The number of benzene rings is 2. The highest BCUT2D eigenvalue weighted by Gasteiger charge is 2.13. The first-order valence-electron chi connectivity index (χ1n) is 6.15. The summed E-state index contributed by atoms with van der Waals surface area (Å²) in [4.78, 5) is 4.23. The Kier molecular flexibility index (Phi) is 3.16. The van der Waals surface area contributed by atoms with Gasteiger partial charge in [0.15, 0.2) is 0 Å². The summed E-state index contributed by atoms with van der Waals surface area (Å²) in [6.45, 7) is 0. The molecule has 0 unspecified atom stereocenters. The Morgan fingerprint density at radius 2 is 1.80 bits per heavy atom. The van der Waals surface area contributed by atoms with E-state index in [4.69, 9.17) is 4.52 Å². The Bertz CT molecular complexity index is 722. The lowest BCUT2D eigenvalue weighted by Gasteiger charge is -1.99. The fraction of sp³-hybridized carbons (Fsp3) is 0.0667. The van der Waals surface area contributed by atoms with Gasteiger partial charge in [0.2, 0.25) is 5.82 Å². The number of aromatic nitrogens is 2. The third kappa shape index (κ3) is 2.25. The van der Waals surface area contributed by atoms with E-state index in [-0.39, 0.29) is 11.6 Å². The summed E-state index contributed by atoms with van der Waals surface area (Å²) in [5.41, 5.74) is 2.11. The summed E-state index contributed by atoms with van der Waals surface area (Å²) in [6, 6.07) is 13.9. The maximum atomic E-state index is 13.7. The maximum Gasteiger partial charge on any atom is 0.258 e. The third-order valence-electron chi connectivity index (χ3n) is 2.96. The molecule has 0 saturated carbocycles. The van der Waals surface area contributed by atoms with E-state index in [2.05, 4.69) is 15.5 Å². The smallest absolute Gasteiger partial charge is 0.258 e. The number of nitrogens with one attached hydrogen (secondary N) is 1. The molecule has 0 atom stereocenters. The van der Waals surface area contributed by atoms with Crippen LogP contribution < -0.4 is 5.32 Å². The van der Waals surface area contributed by atoms with Crippen LogP contribution in [0.5, 0.6) is 0 Å². The minimum Gasteiger partial charge on any atom is -0.388 e. The Balaban J connectivity index is 1.95. The van der Waals surface area contributed by atoms with Gasteiger partial charge in [-0.3, -0.25) is 0 Å². The second-order valence-electron chi connectivity index (χ2n) is 4.23. The van der Waals surface area contributed by atoms with Crippen LogP contribution in [0, 0.1) is 5.82 Å². The molecule has 3 rings (SSSR count). The summed E-state index contributed by atoms with van der Waals surface area (Å²) >= 11 is 0. The fourth-order valence-corrected chi connectivity index (χ4v) is 1.87. The highest BCUT2D eigenvalue weighted by molar-refractivity contribution is 5.62. The normalized spacial score (nSPS) is 10.5. The molecular weight excluding hydrogens is 257 g/mol. The Hall–Kier alpha value is -2.69. The van der Waals surface area contributed by atoms with Gasteiger partial charge in [-0.15, -0.1) is 0 Å². The molecule has 5 heteroatoms. The van der Waals surface area contributed by atoms with Gasteiger partial charge in [-0.2, -0.15) is 4.98 Å². The van der Waals surface area contributed by atoms with E-state index in [1.165, 1.54) is 6.07 Å². The fourth-order valence-electron chi connectivity index (χ4n) is 1.87. The van der Waals surface area contributed by atoms with Crippen molar-refractivity contribution in [3.8, 4) is 22.8 Å². The lowest BCUT2D eigenvalue weighted by atomic mass is 10.2. The van der Waals surface area contributed by atoms with Gasteiger partial charge < -0.3 is 9.84 Å². The SMILES string of the molecule is CNc1ccc(-c2nc(-c3ccccc3F)no2)cc1. The molecule has 3 aromatic rings. The molecule has 20 heavy (non-hydrogen) atoms. The van der Waals surface area contributed by atoms with Crippen molar-refractivity contribution in [1.29, 1.82) is 0 Å². The van der Waals surface area contributed by atoms with E-state index < -0.39 is 0 Å². The first kappa shape index (κ1) is 12.3. The molecule has 1 N–H and O–H groups in total. The van der Waals surface area contributed by atoms with Crippen LogP contribution in [-0.4, -0.2) is 17.2 Å². The highest BCUT2D eigenvalue weighted by atomic mass is 19.1. The molecule has 100 valence electrons. The van der Waals surface area contributed by atoms with Crippen LogP contribution in [0.3, 0.4) is 0 Å². The molecule has 0 spiro atoms. The van der Waals surface area contributed by atoms with Crippen molar-refractivity contribution in [2.75, 3.05) is 12.4 Å². The zero-order chi connectivity index (χ0) is 13.9. The molecule has 0 saturated heterocycles. The Morgan fingerprint density at radius 1 is 1.05 bits per heavy atom. The summed E-state index contributed by atoms with van der Waals surface area (Å²) in [5, 5.41) is 6.85. The average molecular weight is 269 g/mol. The predicted octanol–water partition coefficient (Wildman–Crippen LogP) is 3.58. The zero-order valence-electron chi connectivity index (χ0n) is 10.8. The van der Waals surface area contributed by atoms with E-state index in [1.807, 2.05) is 31.3 Å². The topological polar surface area (TPSA) is 51.0 Å². The first-order chi connectivity index (χ1) is 9.78. The number of halogens is 1. The van der Waals surface area contributed by atoms with Gasteiger partial charge in [0, 0.05) is 18.3 Å². The lowest BCUT2D eigenvalue weighted by molar-refractivity contribution is 0.432. The van der Waals surface area contributed by atoms with Gasteiger partial charge in [0.05, 0.1) is 5.56 Å².